The van der Waals surface area contributed by atoms with E-state index >= 15 is 0 Å². The summed E-state index contributed by atoms with van der Waals surface area (Å²) in [5, 5.41) is 10.3. The van der Waals surface area contributed by atoms with Crippen LogP contribution in [0.5, 0.6) is 0 Å². The van der Waals surface area contributed by atoms with E-state index in [4.69, 9.17) is 4.74 Å². The second-order valence-corrected chi connectivity index (χ2v) is 6.78. The quantitative estimate of drug-likeness (QED) is 0.778. The summed E-state index contributed by atoms with van der Waals surface area (Å²) in [5.41, 5.74) is 0. The highest BCUT2D eigenvalue weighted by Crippen LogP contribution is 2.14. The Kier molecular flexibility index (Phi) is 5.96. The molecule has 1 atom stereocenters. The largest absolute Gasteiger partial charge is 0.374 e. The summed E-state index contributed by atoms with van der Waals surface area (Å²) in [4.78, 5) is 6.21. The third-order valence-electron chi connectivity index (χ3n) is 4.17. The van der Waals surface area contributed by atoms with Gasteiger partial charge in [-0.25, -0.2) is 0 Å². The molecule has 0 spiro atoms. The van der Waals surface area contributed by atoms with Crippen molar-refractivity contribution < 1.29 is 4.74 Å². The molecular formula is C17H24N4OS. The van der Waals surface area contributed by atoms with Crippen LogP contribution in [0.4, 0.5) is 5.82 Å². The lowest BCUT2D eigenvalue weighted by Crippen LogP contribution is -2.48. The van der Waals surface area contributed by atoms with E-state index in [1.54, 1.807) is 6.20 Å². The van der Waals surface area contributed by atoms with Crippen molar-refractivity contribution in [1.29, 1.82) is 0 Å². The number of aromatic nitrogens is 2. The standard InChI is InChI=1S/C17H24N4OS/c1-2-21(17-6-3-8-18-19-17)14-15-13-20(10-11-22-15)9-7-16-5-4-12-23-16/h3-6,8,12,15H,2,7,9-11,13-14H2,1H3/t15-/m0/s1. The molecule has 0 aliphatic carbocycles. The van der Waals surface area contributed by atoms with Gasteiger partial charge in [0, 0.05) is 43.8 Å². The first-order valence-corrected chi connectivity index (χ1v) is 9.12. The van der Waals surface area contributed by atoms with Crippen molar-refractivity contribution in [3.05, 3.63) is 40.7 Å². The number of anilines is 1. The fourth-order valence-corrected chi connectivity index (χ4v) is 3.61. The minimum Gasteiger partial charge on any atom is -0.374 e. The number of thiophene rings is 1. The predicted molar refractivity (Wildman–Crippen MR) is 94.1 cm³/mol. The summed E-state index contributed by atoms with van der Waals surface area (Å²) in [6.45, 7) is 7.86. The van der Waals surface area contributed by atoms with Gasteiger partial charge >= 0.3 is 0 Å². The maximum absolute atomic E-state index is 5.97. The van der Waals surface area contributed by atoms with Crippen LogP contribution < -0.4 is 4.90 Å². The van der Waals surface area contributed by atoms with Gasteiger partial charge in [-0.3, -0.25) is 4.90 Å². The molecule has 124 valence electrons. The summed E-state index contributed by atoms with van der Waals surface area (Å²) in [7, 11) is 0. The molecule has 2 aromatic heterocycles. The normalized spacial score (nSPS) is 18.9. The topological polar surface area (TPSA) is 41.5 Å². The smallest absolute Gasteiger partial charge is 0.151 e. The van der Waals surface area contributed by atoms with Gasteiger partial charge in [-0.1, -0.05) is 6.07 Å². The number of ether oxygens (including phenoxy) is 1. The summed E-state index contributed by atoms with van der Waals surface area (Å²) < 4.78 is 5.97. The van der Waals surface area contributed by atoms with Gasteiger partial charge in [-0.05, 0) is 36.9 Å². The van der Waals surface area contributed by atoms with E-state index < -0.39 is 0 Å². The molecule has 1 aliphatic rings. The van der Waals surface area contributed by atoms with Crippen LogP contribution in [0.3, 0.4) is 0 Å². The fourth-order valence-electron chi connectivity index (χ4n) is 2.91. The van der Waals surface area contributed by atoms with E-state index in [0.717, 1.165) is 51.6 Å². The first-order chi connectivity index (χ1) is 11.3. The van der Waals surface area contributed by atoms with Crippen molar-refractivity contribution >= 4 is 17.2 Å². The molecule has 1 aliphatic heterocycles. The van der Waals surface area contributed by atoms with Crippen LogP contribution in [-0.2, 0) is 11.2 Å². The zero-order chi connectivity index (χ0) is 15.9. The monoisotopic (exact) mass is 332 g/mol. The maximum Gasteiger partial charge on any atom is 0.151 e. The van der Waals surface area contributed by atoms with Crippen molar-refractivity contribution in [1.82, 2.24) is 15.1 Å². The van der Waals surface area contributed by atoms with Gasteiger partial charge in [0.15, 0.2) is 5.82 Å². The SMILES string of the molecule is CCN(C[C@@H]1CN(CCc2cccs2)CCO1)c1cccnn1. The third kappa shape index (κ3) is 4.73. The Morgan fingerprint density at radius 1 is 1.39 bits per heavy atom. The zero-order valence-electron chi connectivity index (χ0n) is 13.6. The van der Waals surface area contributed by atoms with Crippen LogP contribution in [-0.4, -0.2) is 60.5 Å². The molecule has 1 fully saturated rings. The first kappa shape index (κ1) is 16.4. The van der Waals surface area contributed by atoms with E-state index in [2.05, 4.69) is 44.4 Å². The highest BCUT2D eigenvalue weighted by atomic mass is 32.1. The van der Waals surface area contributed by atoms with Gasteiger partial charge in [0.1, 0.15) is 0 Å². The molecule has 0 N–H and O–H groups in total. The Balaban J connectivity index is 1.51. The molecule has 0 bridgehead atoms. The molecule has 2 aromatic rings. The van der Waals surface area contributed by atoms with Gasteiger partial charge in [-0.15, -0.1) is 16.4 Å². The third-order valence-corrected chi connectivity index (χ3v) is 5.10. The van der Waals surface area contributed by atoms with Crippen molar-refractivity contribution in [3.8, 4) is 0 Å². The number of hydrogen-bond donors (Lipinski definition) is 0. The van der Waals surface area contributed by atoms with E-state index in [1.165, 1.54) is 4.88 Å². The Morgan fingerprint density at radius 2 is 2.35 bits per heavy atom. The Morgan fingerprint density at radius 3 is 3.09 bits per heavy atom. The van der Waals surface area contributed by atoms with Crippen LogP contribution in [0.15, 0.2) is 35.8 Å². The molecule has 23 heavy (non-hydrogen) atoms. The van der Waals surface area contributed by atoms with Crippen LogP contribution in [0.1, 0.15) is 11.8 Å². The molecule has 0 saturated carbocycles. The number of likely N-dealkylation sites (N-methyl/N-ethyl adjacent to an activating group) is 1. The van der Waals surface area contributed by atoms with Gasteiger partial charge in [0.2, 0.25) is 0 Å². The fraction of sp³-hybridized carbons (Fsp3) is 0.529. The van der Waals surface area contributed by atoms with Crippen molar-refractivity contribution in [2.24, 2.45) is 0 Å². The summed E-state index contributed by atoms with van der Waals surface area (Å²) in [6.07, 6.45) is 3.07. The van der Waals surface area contributed by atoms with Gasteiger partial charge in [0.25, 0.3) is 0 Å². The van der Waals surface area contributed by atoms with E-state index in [-0.39, 0.29) is 6.10 Å². The van der Waals surface area contributed by atoms with Gasteiger partial charge in [0.05, 0.1) is 12.7 Å². The van der Waals surface area contributed by atoms with Crippen LogP contribution in [0.2, 0.25) is 0 Å². The van der Waals surface area contributed by atoms with E-state index in [9.17, 15) is 0 Å². The summed E-state index contributed by atoms with van der Waals surface area (Å²) in [5.74, 6) is 0.925. The molecule has 3 rings (SSSR count). The lowest BCUT2D eigenvalue weighted by atomic mass is 10.2. The van der Waals surface area contributed by atoms with Crippen molar-refractivity contribution in [2.75, 3.05) is 44.2 Å². The molecule has 0 aromatic carbocycles. The molecule has 3 heterocycles. The molecular weight excluding hydrogens is 308 g/mol. The number of morpholine rings is 1. The first-order valence-electron chi connectivity index (χ1n) is 8.24. The second-order valence-electron chi connectivity index (χ2n) is 5.74. The average Bonchev–Trinajstić information content (AvgIpc) is 3.12. The molecule has 6 heteroatoms. The van der Waals surface area contributed by atoms with Gasteiger partial charge < -0.3 is 9.64 Å². The molecule has 0 amide bonds. The van der Waals surface area contributed by atoms with Gasteiger partial charge in [-0.2, -0.15) is 5.10 Å². The van der Waals surface area contributed by atoms with Crippen LogP contribution in [0.25, 0.3) is 0 Å². The maximum atomic E-state index is 5.97. The van der Waals surface area contributed by atoms with E-state index in [1.807, 2.05) is 23.5 Å². The Bertz CT molecular complexity index is 563. The van der Waals surface area contributed by atoms with Crippen LogP contribution >= 0.6 is 11.3 Å². The molecule has 0 radical (unpaired) electrons. The molecule has 5 nitrogen and oxygen atoms in total. The summed E-state index contributed by atoms with van der Waals surface area (Å²) >= 11 is 1.84. The van der Waals surface area contributed by atoms with Crippen molar-refractivity contribution in [2.45, 2.75) is 19.4 Å². The Labute approximate surface area is 141 Å². The number of hydrogen-bond acceptors (Lipinski definition) is 6. The second kappa shape index (κ2) is 8.38. The Hall–Kier alpha value is -1.50. The minimum atomic E-state index is 0.231. The van der Waals surface area contributed by atoms with Crippen LogP contribution in [0, 0.1) is 0 Å². The molecule has 1 saturated heterocycles. The van der Waals surface area contributed by atoms with E-state index in [0.29, 0.717) is 0 Å². The zero-order valence-corrected chi connectivity index (χ0v) is 14.4. The highest BCUT2D eigenvalue weighted by Gasteiger charge is 2.22. The number of rotatable bonds is 7. The lowest BCUT2D eigenvalue weighted by molar-refractivity contribution is -0.0234. The molecule has 0 unspecified atom stereocenters. The predicted octanol–water partition coefficient (Wildman–Crippen LogP) is 2.31. The number of nitrogens with zero attached hydrogens (tertiary/aromatic N) is 4. The highest BCUT2D eigenvalue weighted by molar-refractivity contribution is 7.09. The average molecular weight is 332 g/mol. The van der Waals surface area contributed by atoms with Crippen molar-refractivity contribution in [3.63, 3.8) is 0 Å². The minimum absolute atomic E-state index is 0.231. The summed E-state index contributed by atoms with van der Waals surface area (Å²) in [6, 6.07) is 8.28. The lowest BCUT2D eigenvalue weighted by Gasteiger charge is -2.35.